The van der Waals surface area contributed by atoms with Gasteiger partial charge >= 0.3 is 0 Å². The van der Waals surface area contributed by atoms with E-state index in [0.717, 1.165) is 17.9 Å². The monoisotopic (exact) mass is 238 g/mol. The molecule has 1 aliphatic carbocycles. The van der Waals surface area contributed by atoms with Gasteiger partial charge < -0.3 is 5.32 Å². The van der Waals surface area contributed by atoms with Gasteiger partial charge in [-0.05, 0) is 32.9 Å². The number of anilines is 1. The fourth-order valence-electron chi connectivity index (χ4n) is 1.80. The van der Waals surface area contributed by atoms with E-state index in [0.29, 0.717) is 10.7 Å². The predicted octanol–water partition coefficient (Wildman–Crippen LogP) is 2.19. The fraction of sp³-hybridized carbons (Fsp3) is 0.727. The Kier molecular flexibility index (Phi) is 3.33. The highest BCUT2D eigenvalue weighted by Gasteiger charge is 2.35. The molecule has 1 heterocycles. The van der Waals surface area contributed by atoms with Crippen molar-refractivity contribution in [2.24, 2.45) is 0 Å². The summed E-state index contributed by atoms with van der Waals surface area (Å²) in [6.07, 6.45) is 6.10. The van der Waals surface area contributed by atoms with Gasteiger partial charge in [0.15, 0.2) is 0 Å². The van der Waals surface area contributed by atoms with Crippen LogP contribution in [0, 0.1) is 13.8 Å². The van der Waals surface area contributed by atoms with Crippen molar-refractivity contribution in [1.82, 2.24) is 15.2 Å². The predicted molar refractivity (Wildman–Crippen MR) is 67.9 cm³/mol. The Labute approximate surface area is 101 Å². The topological polar surface area (TPSA) is 50.7 Å². The minimum absolute atomic E-state index is 0.405. The molecule has 0 atom stereocenters. The largest absolute Gasteiger partial charge is 0.352 e. The van der Waals surface area contributed by atoms with Crippen LogP contribution in [-0.2, 0) is 0 Å². The minimum Gasteiger partial charge on any atom is -0.352 e. The number of aromatic nitrogens is 3. The van der Waals surface area contributed by atoms with Gasteiger partial charge in [-0.2, -0.15) is 16.9 Å². The standard InChI is InChI=1S/C11H18N4S/c1-8-9(2)14-15-10(13-8)12-7-11(16-3)5-4-6-11/h4-7H2,1-3H3,(H,12,13,15). The van der Waals surface area contributed by atoms with E-state index >= 15 is 0 Å². The quantitative estimate of drug-likeness (QED) is 0.871. The summed E-state index contributed by atoms with van der Waals surface area (Å²) in [5.41, 5.74) is 1.85. The van der Waals surface area contributed by atoms with Crippen LogP contribution in [0.4, 0.5) is 5.95 Å². The first-order chi connectivity index (χ1) is 7.65. The molecule has 1 aromatic rings. The van der Waals surface area contributed by atoms with Crippen molar-refractivity contribution in [3.8, 4) is 0 Å². The highest BCUT2D eigenvalue weighted by atomic mass is 32.2. The molecule has 4 nitrogen and oxygen atoms in total. The molecule has 0 bridgehead atoms. The molecular formula is C11H18N4S. The van der Waals surface area contributed by atoms with Gasteiger partial charge in [0.05, 0.1) is 11.4 Å². The third-order valence-electron chi connectivity index (χ3n) is 3.36. The molecule has 1 aromatic heterocycles. The molecule has 1 fully saturated rings. The number of rotatable bonds is 4. The van der Waals surface area contributed by atoms with Crippen LogP contribution in [0.2, 0.25) is 0 Å². The highest BCUT2D eigenvalue weighted by molar-refractivity contribution is 8.00. The Bertz CT molecular complexity index is 371. The van der Waals surface area contributed by atoms with Crippen LogP contribution in [0.1, 0.15) is 30.7 Å². The number of nitrogens with zero attached hydrogens (tertiary/aromatic N) is 3. The molecule has 0 amide bonds. The Morgan fingerprint density at radius 2 is 2.00 bits per heavy atom. The van der Waals surface area contributed by atoms with Gasteiger partial charge in [0.25, 0.3) is 0 Å². The summed E-state index contributed by atoms with van der Waals surface area (Å²) < 4.78 is 0.405. The second-order valence-electron chi connectivity index (χ2n) is 4.40. The van der Waals surface area contributed by atoms with Crippen molar-refractivity contribution in [2.75, 3.05) is 18.1 Å². The van der Waals surface area contributed by atoms with E-state index in [-0.39, 0.29) is 0 Å². The van der Waals surface area contributed by atoms with Crippen molar-refractivity contribution in [1.29, 1.82) is 0 Å². The lowest BCUT2D eigenvalue weighted by molar-refractivity contribution is 0.379. The van der Waals surface area contributed by atoms with E-state index in [2.05, 4.69) is 26.8 Å². The van der Waals surface area contributed by atoms with Crippen LogP contribution >= 0.6 is 11.8 Å². The number of hydrogen-bond acceptors (Lipinski definition) is 5. The highest BCUT2D eigenvalue weighted by Crippen LogP contribution is 2.42. The number of hydrogen-bond donors (Lipinski definition) is 1. The zero-order chi connectivity index (χ0) is 11.6. The van der Waals surface area contributed by atoms with Crippen molar-refractivity contribution >= 4 is 17.7 Å². The molecule has 5 heteroatoms. The zero-order valence-electron chi connectivity index (χ0n) is 10.1. The van der Waals surface area contributed by atoms with E-state index in [1.807, 2.05) is 25.6 Å². The molecule has 16 heavy (non-hydrogen) atoms. The van der Waals surface area contributed by atoms with Crippen molar-refractivity contribution in [3.63, 3.8) is 0 Å². The second kappa shape index (κ2) is 4.57. The molecule has 0 radical (unpaired) electrons. The van der Waals surface area contributed by atoms with Crippen molar-refractivity contribution in [3.05, 3.63) is 11.4 Å². The maximum absolute atomic E-state index is 4.37. The van der Waals surface area contributed by atoms with E-state index in [4.69, 9.17) is 0 Å². The number of nitrogens with one attached hydrogen (secondary N) is 1. The smallest absolute Gasteiger partial charge is 0.243 e. The lowest BCUT2D eigenvalue weighted by Crippen LogP contribution is -2.40. The van der Waals surface area contributed by atoms with Gasteiger partial charge in [0, 0.05) is 11.3 Å². The third kappa shape index (κ3) is 2.29. The third-order valence-corrected chi connectivity index (χ3v) is 4.78. The first kappa shape index (κ1) is 11.6. The minimum atomic E-state index is 0.405. The Balaban J connectivity index is 1.96. The Morgan fingerprint density at radius 1 is 1.25 bits per heavy atom. The summed E-state index contributed by atoms with van der Waals surface area (Å²) in [6, 6.07) is 0. The lowest BCUT2D eigenvalue weighted by Gasteiger charge is -2.40. The van der Waals surface area contributed by atoms with Crippen LogP contribution in [0.5, 0.6) is 0 Å². The molecule has 0 aliphatic heterocycles. The fourth-order valence-corrected chi connectivity index (χ4v) is 2.71. The summed E-state index contributed by atoms with van der Waals surface area (Å²) in [5.74, 6) is 0.656. The van der Waals surface area contributed by atoms with E-state index in [1.165, 1.54) is 19.3 Å². The molecule has 2 rings (SSSR count). The van der Waals surface area contributed by atoms with Gasteiger partial charge in [0.1, 0.15) is 0 Å². The summed E-state index contributed by atoms with van der Waals surface area (Å²) in [4.78, 5) is 4.37. The SMILES string of the molecule is CSC1(CNc2nnc(C)c(C)n2)CCC1. The maximum Gasteiger partial charge on any atom is 0.243 e. The molecule has 1 N–H and O–H groups in total. The molecule has 0 aromatic carbocycles. The summed E-state index contributed by atoms with van der Waals surface area (Å²) >= 11 is 1.95. The maximum atomic E-state index is 4.37. The zero-order valence-corrected chi connectivity index (χ0v) is 10.9. The Morgan fingerprint density at radius 3 is 2.50 bits per heavy atom. The summed E-state index contributed by atoms with van der Waals surface area (Å²) in [7, 11) is 0. The molecule has 0 unspecified atom stereocenters. The van der Waals surface area contributed by atoms with E-state index < -0.39 is 0 Å². The molecule has 88 valence electrons. The molecule has 1 saturated carbocycles. The van der Waals surface area contributed by atoms with Gasteiger partial charge in [0.2, 0.25) is 5.95 Å². The lowest BCUT2D eigenvalue weighted by atomic mass is 9.84. The van der Waals surface area contributed by atoms with Gasteiger partial charge in [-0.3, -0.25) is 0 Å². The number of aryl methyl sites for hydroxylation is 2. The summed E-state index contributed by atoms with van der Waals surface area (Å²) in [5, 5.41) is 11.4. The summed E-state index contributed by atoms with van der Waals surface area (Å²) in [6.45, 7) is 4.83. The van der Waals surface area contributed by atoms with Gasteiger partial charge in [-0.15, -0.1) is 5.10 Å². The molecule has 0 spiro atoms. The average molecular weight is 238 g/mol. The van der Waals surface area contributed by atoms with Gasteiger partial charge in [-0.25, -0.2) is 4.98 Å². The average Bonchev–Trinajstić information content (AvgIpc) is 2.22. The van der Waals surface area contributed by atoms with Crippen LogP contribution < -0.4 is 5.32 Å². The van der Waals surface area contributed by atoms with Crippen LogP contribution in [0.15, 0.2) is 0 Å². The van der Waals surface area contributed by atoms with Crippen molar-refractivity contribution in [2.45, 2.75) is 37.9 Å². The Hall–Kier alpha value is -0.840. The van der Waals surface area contributed by atoms with E-state index in [1.54, 1.807) is 0 Å². The molecule has 1 aliphatic rings. The second-order valence-corrected chi connectivity index (χ2v) is 5.67. The normalized spacial score (nSPS) is 17.9. The van der Waals surface area contributed by atoms with E-state index in [9.17, 15) is 0 Å². The van der Waals surface area contributed by atoms with Crippen LogP contribution in [-0.4, -0.2) is 32.7 Å². The molecular weight excluding hydrogens is 220 g/mol. The first-order valence-electron chi connectivity index (χ1n) is 5.62. The number of thioether (sulfide) groups is 1. The van der Waals surface area contributed by atoms with Crippen molar-refractivity contribution < 1.29 is 0 Å². The van der Waals surface area contributed by atoms with Crippen LogP contribution in [0.3, 0.4) is 0 Å². The van der Waals surface area contributed by atoms with Crippen LogP contribution in [0.25, 0.3) is 0 Å². The van der Waals surface area contributed by atoms with Gasteiger partial charge in [-0.1, -0.05) is 6.42 Å². The first-order valence-corrected chi connectivity index (χ1v) is 6.85. The molecule has 0 saturated heterocycles.